The van der Waals surface area contributed by atoms with Gasteiger partial charge in [-0.25, -0.2) is 8.42 Å². The summed E-state index contributed by atoms with van der Waals surface area (Å²) in [5.41, 5.74) is -2.07. The molecule has 8 nitrogen and oxygen atoms in total. The Labute approximate surface area is 139 Å². The van der Waals surface area contributed by atoms with E-state index in [0.29, 0.717) is 13.1 Å². The van der Waals surface area contributed by atoms with Gasteiger partial charge in [0.2, 0.25) is 10.0 Å². The van der Waals surface area contributed by atoms with Crippen molar-refractivity contribution in [2.45, 2.75) is 36.2 Å². The Morgan fingerprint density at radius 2 is 1.92 bits per heavy atom. The molecule has 2 aliphatic rings. The van der Waals surface area contributed by atoms with Gasteiger partial charge in [0.25, 0.3) is 5.91 Å². The van der Waals surface area contributed by atoms with Crippen molar-refractivity contribution in [3.8, 4) is 0 Å². The molecule has 0 spiro atoms. The number of amides is 1. The Morgan fingerprint density at radius 1 is 1.25 bits per heavy atom. The first kappa shape index (κ1) is 16.9. The van der Waals surface area contributed by atoms with Crippen LogP contribution >= 0.6 is 0 Å². The third-order valence-corrected chi connectivity index (χ3v) is 6.31. The van der Waals surface area contributed by atoms with E-state index in [4.69, 9.17) is 5.11 Å². The van der Waals surface area contributed by atoms with Crippen molar-refractivity contribution in [2.75, 3.05) is 18.4 Å². The number of hydrogen-bond acceptors (Lipinski definition) is 5. The fourth-order valence-corrected chi connectivity index (χ4v) is 4.68. The van der Waals surface area contributed by atoms with Gasteiger partial charge in [0.1, 0.15) is 0 Å². The second-order valence-corrected chi connectivity index (χ2v) is 7.99. The third kappa shape index (κ3) is 2.68. The summed E-state index contributed by atoms with van der Waals surface area (Å²) in [6.07, 6.45) is 1.71. The Morgan fingerprint density at radius 3 is 2.54 bits per heavy atom. The predicted octanol–water partition coefficient (Wildman–Crippen LogP) is 0.476. The first-order chi connectivity index (χ1) is 11.2. The van der Waals surface area contributed by atoms with Crippen LogP contribution in [-0.2, 0) is 25.2 Å². The molecular formula is C15H18N2O6S. The van der Waals surface area contributed by atoms with Gasteiger partial charge in [-0.1, -0.05) is 6.42 Å². The van der Waals surface area contributed by atoms with Gasteiger partial charge in [-0.2, -0.15) is 4.31 Å². The first-order valence-corrected chi connectivity index (χ1v) is 9.09. The number of carbonyl (C=O) groups is 2. The molecule has 3 N–H and O–H groups in total. The van der Waals surface area contributed by atoms with Crippen LogP contribution in [0.3, 0.4) is 0 Å². The second-order valence-electron chi connectivity index (χ2n) is 6.06. The SMILES string of the molecule is O=C(O)CC1(O)C(=O)Nc2ccc(S(=O)(=O)N3CCCCC3)cc21. The molecule has 9 heteroatoms. The Kier molecular flexibility index (Phi) is 4.10. The molecule has 1 amide bonds. The zero-order chi connectivity index (χ0) is 17.5. The number of rotatable bonds is 4. The van der Waals surface area contributed by atoms with Gasteiger partial charge in [0.15, 0.2) is 5.60 Å². The summed E-state index contributed by atoms with van der Waals surface area (Å²) in [7, 11) is -3.74. The van der Waals surface area contributed by atoms with E-state index in [-0.39, 0.29) is 16.1 Å². The van der Waals surface area contributed by atoms with Crippen LogP contribution in [0.25, 0.3) is 0 Å². The van der Waals surface area contributed by atoms with E-state index in [1.54, 1.807) is 0 Å². The number of aliphatic hydroxyl groups is 1. The van der Waals surface area contributed by atoms with Crippen LogP contribution in [0.1, 0.15) is 31.2 Å². The molecule has 0 aromatic heterocycles. The molecule has 0 bridgehead atoms. The molecule has 0 saturated carbocycles. The van der Waals surface area contributed by atoms with Crippen LogP contribution in [0.4, 0.5) is 5.69 Å². The summed E-state index contributed by atoms with van der Waals surface area (Å²) in [5, 5.41) is 21.8. The highest BCUT2D eigenvalue weighted by Gasteiger charge is 2.47. The largest absolute Gasteiger partial charge is 0.481 e. The van der Waals surface area contributed by atoms with E-state index in [0.717, 1.165) is 19.3 Å². The van der Waals surface area contributed by atoms with Gasteiger partial charge in [-0.15, -0.1) is 0 Å². The summed E-state index contributed by atoms with van der Waals surface area (Å²) in [6, 6.07) is 3.93. The minimum Gasteiger partial charge on any atom is -0.481 e. The third-order valence-electron chi connectivity index (χ3n) is 4.42. The van der Waals surface area contributed by atoms with Crippen LogP contribution in [0.5, 0.6) is 0 Å². The summed E-state index contributed by atoms with van der Waals surface area (Å²) < 4.78 is 26.8. The highest BCUT2D eigenvalue weighted by molar-refractivity contribution is 7.89. The minimum absolute atomic E-state index is 0.0204. The summed E-state index contributed by atoms with van der Waals surface area (Å²) in [4.78, 5) is 22.9. The molecule has 0 radical (unpaired) electrons. The van der Waals surface area contributed by atoms with Gasteiger partial charge in [-0.05, 0) is 31.0 Å². The normalized spacial score (nSPS) is 24.5. The summed E-state index contributed by atoms with van der Waals surface area (Å²) in [6.45, 7) is 0.853. The molecule has 24 heavy (non-hydrogen) atoms. The van der Waals surface area contributed by atoms with Gasteiger partial charge < -0.3 is 15.5 Å². The first-order valence-electron chi connectivity index (χ1n) is 7.65. The molecule has 1 aromatic rings. The monoisotopic (exact) mass is 354 g/mol. The van der Waals surface area contributed by atoms with Crippen LogP contribution in [0.2, 0.25) is 0 Å². The second kappa shape index (κ2) is 5.83. The zero-order valence-electron chi connectivity index (χ0n) is 12.9. The fourth-order valence-electron chi connectivity index (χ4n) is 3.13. The standard InChI is InChI=1S/C15H18N2O6S/c18-13(19)9-15(21)11-8-10(4-5-12(11)16-14(15)20)24(22,23)17-6-2-1-3-7-17/h4-5,8,21H,1-3,6-7,9H2,(H,16,20)(H,18,19). The number of piperidine rings is 1. The summed E-state index contributed by atoms with van der Waals surface area (Å²) >= 11 is 0. The van der Waals surface area contributed by atoms with Crippen molar-refractivity contribution < 1.29 is 28.2 Å². The van der Waals surface area contributed by atoms with Crippen molar-refractivity contribution >= 4 is 27.6 Å². The van der Waals surface area contributed by atoms with Crippen molar-refractivity contribution in [2.24, 2.45) is 0 Å². The number of sulfonamides is 1. The zero-order valence-corrected chi connectivity index (χ0v) is 13.7. The average molecular weight is 354 g/mol. The quantitative estimate of drug-likeness (QED) is 0.722. The minimum atomic E-state index is -3.74. The van der Waals surface area contributed by atoms with Crippen LogP contribution in [0.15, 0.2) is 23.1 Å². The molecule has 3 rings (SSSR count). The predicted molar refractivity (Wildman–Crippen MR) is 83.8 cm³/mol. The van der Waals surface area contributed by atoms with Crippen LogP contribution in [0, 0.1) is 0 Å². The molecule has 2 aliphatic heterocycles. The lowest BCUT2D eigenvalue weighted by atomic mass is 9.92. The number of hydrogen-bond donors (Lipinski definition) is 3. The molecule has 130 valence electrons. The van der Waals surface area contributed by atoms with E-state index >= 15 is 0 Å². The molecule has 1 saturated heterocycles. The molecule has 1 unspecified atom stereocenters. The number of fused-ring (bicyclic) bond motifs is 1. The fraction of sp³-hybridized carbons (Fsp3) is 0.467. The maximum atomic E-state index is 12.7. The van der Waals surface area contributed by atoms with Crippen molar-refractivity contribution in [1.82, 2.24) is 4.31 Å². The molecule has 0 aliphatic carbocycles. The van der Waals surface area contributed by atoms with E-state index in [1.807, 2.05) is 0 Å². The number of carbonyl (C=O) groups excluding carboxylic acids is 1. The molecule has 2 heterocycles. The Bertz CT molecular complexity index is 800. The summed E-state index contributed by atoms with van der Waals surface area (Å²) in [5.74, 6) is -2.22. The number of anilines is 1. The number of nitrogens with one attached hydrogen (secondary N) is 1. The van der Waals surface area contributed by atoms with Crippen LogP contribution in [-0.4, -0.2) is 47.9 Å². The van der Waals surface area contributed by atoms with Gasteiger partial charge >= 0.3 is 5.97 Å². The Hall–Kier alpha value is -1.97. The maximum Gasteiger partial charge on any atom is 0.307 e. The lowest BCUT2D eigenvalue weighted by molar-refractivity contribution is -0.149. The van der Waals surface area contributed by atoms with Crippen molar-refractivity contribution in [3.05, 3.63) is 23.8 Å². The molecular weight excluding hydrogens is 336 g/mol. The molecule has 1 aromatic carbocycles. The van der Waals surface area contributed by atoms with Gasteiger partial charge in [-0.3, -0.25) is 9.59 Å². The molecule has 1 fully saturated rings. The van der Waals surface area contributed by atoms with Gasteiger partial charge in [0.05, 0.1) is 11.3 Å². The number of nitrogens with zero attached hydrogens (tertiary/aromatic N) is 1. The van der Waals surface area contributed by atoms with Crippen molar-refractivity contribution in [3.63, 3.8) is 0 Å². The Balaban J connectivity index is 2.02. The number of carboxylic acid groups (broad SMARTS) is 1. The number of aliphatic carboxylic acids is 1. The maximum absolute atomic E-state index is 12.7. The van der Waals surface area contributed by atoms with E-state index in [9.17, 15) is 23.1 Å². The van der Waals surface area contributed by atoms with Crippen molar-refractivity contribution in [1.29, 1.82) is 0 Å². The smallest absolute Gasteiger partial charge is 0.307 e. The average Bonchev–Trinajstić information content (AvgIpc) is 2.78. The topological polar surface area (TPSA) is 124 Å². The van der Waals surface area contributed by atoms with E-state index in [2.05, 4.69) is 5.32 Å². The lowest BCUT2D eigenvalue weighted by Crippen LogP contribution is -2.37. The van der Waals surface area contributed by atoms with E-state index in [1.165, 1.54) is 22.5 Å². The number of benzene rings is 1. The van der Waals surface area contributed by atoms with Crippen LogP contribution < -0.4 is 5.32 Å². The highest BCUT2D eigenvalue weighted by atomic mass is 32.2. The molecule has 1 atom stereocenters. The lowest BCUT2D eigenvalue weighted by Gasteiger charge is -2.26. The highest BCUT2D eigenvalue weighted by Crippen LogP contribution is 2.40. The number of carboxylic acids is 1. The van der Waals surface area contributed by atoms with E-state index < -0.39 is 33.9 Å². The van der Waals surface area contributed by atoms with Gasteiger partial charge in [0, 0.05) is 24.3 Å².